The molecule has 21 heavy (non-hydrogen) atoms. The molecule has 0 aliphatic carbocycles. The van der Waals surface area contributed by atoms with E-state index in [4.69, 9.17) is 11.6 Å². The van der Waals surface area contributed by atoms with Crippen LogP contribution in [0.2, 0.25) is 5.02 Å². The SMILES string of the molecule is Cc1nn(C)c(CSc2ccc(CNC(C)C)cc2)c1Cl. The van der Waals surface area contributed by atoms with Crippen LogP contribution in [0.1, 0.15) is 30.8 Å². The minimum atomic E-state index is 0.509. The average molecular weight is 324 g/mol. The number of hydrogen-bond acceptors (Lipinski definition) is 3. The van der Waals surface area contributed by atoms with E-state index in [1.54, 1.807) is 11.8 Å². The molecule has 0 saturated heterocycles. The Kier molecular flexibility index (Phi) is 5.73. The van der Waals surface area contributed by atoms with Crippen LogP contribution in [0.25, 0.3) is 0 Å². The molecule has 114 valence electrons. The van der Waals surface area contributed by atoms with Gasteiger partial charge in [-0.15, -0.1) is 11.8 Å². The van der Waals surface area contributed by atoms with E-state index in [2.05, 4.69) is 48.5 Å². The number of rotatable bonds is 6. The second-order valence-corrected chi connectivity index (χ2v) is 6.86. The molecule has 0 unspecified atom stereocenters. The highest BCUT2D eigenvalue weighted by Crippen LogP contribution is 2.28. The van der Waals surface area contributed by atoms with Gasteiger partial charge in [0.1, 0.15) is 0 Å². The Labute approximate surface area is 136 Å². The van der Waals surface area contributed by atoms with E-state index >= 15 is 0 Å². The minimum Gasteiger partial charge on any atom is -0.310 e. The van der Waals surface area contributed by atoms with Crippen molar-refractivity contribution >= 4 is 23.4 Å². The summed E-state index contributed by atoms with van der Waals surface area (Å²) in [5.41, 5.74) is 3.28. The van der Waals surface area contributed by atoms with Crippen LogP contribution in [0.3, 0.4) is 0 Å². The van der Waals surface area contributed by atoms with E-state index < -0.39 is 0 Å². The van der Waals surface area contributed by atoms with Gasteiger partial charge in [0.15, 0.2) is 0 Å². The normalized spacial score (nSPS) is 11.3. The van der Waals surface area contributed by atoms with Crippen LogP contribution in [-0.2, 0) is 19.3 Å². The summed E-state index contributed by atoms with van der Waals surface area (Å²) in [5.74, 6) is 0.833. The van der Waals surface area contributed by atoms with E-state index in [1.165, 1.54) is 10.5 Å². The fourth-order valence-electron chi connectivity index (χ4n) is 2.01. The Morgan fingerprint density at radius 3 is 2.48 bits per heavy atom. The molecule has 5 heteroatoms. The van der Waals surface area contributed by atoms with Crippen molar-refractivity contribution in [2.75, 3.05) is 0 Å². The summed E-state index contributed by atoms with van der Waals surface area (Å²) in [6, 6.07) is 9.19. The van der Waals surface area contributed by atoms with Crippen LogP contribution in [0, 0.1) is 6.92 Å². The van der Waals surface area contributed by atoms with Gasteiger partial charge in [-0.1, -0.05) is 37.6 Å². The van der Waals surface area contributed by atoms with Gasteiger partial charge in [-0.05, 0) is 24.6 Å². The fraction of sp³-hybridized carbons (Fsp3) is 0.438. The molecular formula is C16H22ClN3S. The summed E-state index contributed by atoms with van der Waals surface area (Å²) >= 11 is 8.05. The first-order valence-corrected chi connectivity index (χ1v) is 8.47. The minimum absolute atomic E-state index is 0.509. The number of aryl methyl sites for hydroxylation is 2. The molecule has 0 bridgehead atoms. The van der Waals surface area contributed by atoms with Gasteiger partial charge >= 0.3 is 0 Å². The van der Waals surface area contributed by atoms with Gasteiger partial charge in [0, 0.05) is 30.3 Å². The van der Waals surface area contributed by atoms with Crippen molar-refractivity contribution in [2.24, 2.45) is 7.05 Å². The highest BCUT2D eigenvalue weighted by Gasteiger charge is 2.11. The van der Waals surface area contributed by atoms with Crippen molar-refractivity contribution in [1.82, 2.24) is 15.1 Å². The largest absolute Gasteiger partial charge is 0.310 e. The number of thioether (sulfide) groups is 1. The van der Waals surface area contributed by atoms with Crippen molar-refractivity contribution in [2.45, 2.75) is 44.0 Å². The highest BCUT2D eigenvalue weighted by atomic mass is 35.5. The standard InChI is InChI=1S/C16H22ClN3S/c1-11(2)18-9-13-5-7-14(8-6-13)21-10-15-16(17)12(3)19-20(15)4/h5-8,11,18H,9-10H2,1-4H3. The Morgan fingerprint density at radius 1 is 1.29 bits per heavy atom. The summed E-state index contributed by atoms with van der Waals surface area (Å²) in [6.45, 7) is 7.16. The second kappa shape index (κ2) is 7.34. The summed E-state index contributed by atoms with van der Waals surface area (Å²) in [4.78, 5) is 1.25. The van der Waals surface area contributed by atoms with Crippen LogP contribution in [-0.4, -0.2) is 15.8 Å². The fourth-order valence-corrected chi connectivity index (χ4v) is 3.28. The maximum Gasteiger partial charge on any atom is 0.0855 e. The third-order valence-corrected chi connectivity index (χ3v) is 4.79. The van der Waals surface area contributed by atoms with E-state index in [0.717, 1.165) is 28.7 Å². The highest BCUT2D eigenvalue weighted by molar-refractivity contribution is 7.98. The number of nitrogens with one attached hydrogen (secondary N) is 1. The lowest BCUT2D eigenvalue weighted by Crippen LogP contribution is -2.21. The van der Waals surface area contributed by atoms with Gasteiger partial charge < -0.3 is 5.32 Å². The van der Waals surface area contributed by atoms with E-state index in [-0.39, 0.29) is 0 Å². The zero-order chi connectivity index (χ0) is 15.4. The lowest BCUT2D eigenvalue weighted by molar-refractivity contribution is 0.588. The van der Waals surface area contributed by atoms with Crippen molar-refractivity contribution in [1.29, 1.82) is 0 Å². The van der Waals surface area contributed by atoms with Crippen molar-refractivity contribution in [3.8, 4) is 0 Å². The molecule has 1 aromatic heterocycles. The smallest absolute Gasteiger partial charge is 0.0855 e. The molecule has 0 aliphatic rings. The molecule has 0 saturated carbocycles. The molecule has 0 aliphatic heterocycles. The molecule has 2 aromatic rings. The average Bonchev–Trinajstić information content (AvgIpc) is 2.69. The number of hydrogen-bond donors (Lipinski definition) is 1. The molecule has 1 N–H and O–H groups in total. The molecule has 3 nitrogen and oxygen atoms in total. The van der Waals surface area contributed by atoms with Gasteiger partial charge in [-0.25, -0.2) is 0 Å². The maximum atomic E-state index is 6.27. The van der Waals surface area contributed by atoms with Crippen LogP contribution >= 0.6 is 23.4 Å². The molecule has 0 fully saturated rings. The van der Waals surface area contributed by atoms with E-state index in [0.29, 0.717) is 6.04 Å². The molecule has 1 heterocycles. The first kappa shape index (κ1) is 16.4. The van der Waals surface area contributed by atoms with E-state index in [9.17, 15) is 0 Å². The summed E-state index contributed by atoms with van der Waals surface area (Å²) < 4.78 is 1.87. The molecule has 0 spiro atoms. The second-order valence-electron chi connectivity index (χ2n) is 5.44. The van der Waals surface area contributed by atoms with Crippen LogP contribution in [0.5, 0.6) is 0 Å². The number of aromatic nitrogens is 2. The molecule has 2 rings (SSSR count). The lowest BCUT2D eigenvalue weighted by Gasteiger charge is -2.09. The summed E-state index contributed by atoms with van der Waals surface area (Å²) in [5, 5.41) is 8.54. The summed E-state index contributed by atoms with van der Waals surface area (Å²) in [6.07, 6.45) is 0. The van der Waals surface area contributed by atoms with Gasteiger partial charge in [-0.2, -0.15) is 5.10 Å². The van der Waals surface area contributed by atoms with Gasteiger partial charge in [-0.3, -0.25) is 4.68 Å². The Hall–Kier alpha value is -0.970. The Balaban J connectivity index is 1.94. The molecule has 0 amide bonds. The monoisotopic (exact) mass is 323 g/mol. The summed E-state index contributed by atoms with van der Waals surface area (Å²) in [7, 11) is 1.94. The zero-order valence-corrected chi connectivity index (χ0v) is 14.6. The Morgan fingerprint density at radius 2 is 1.95 bits per heavy atom. The topological polar surface area (TPSA) is 29.9 Å². The zero-order valence-electron chi connectivity index (χ0n) is 13.0. The van der Waals surface area contributed by atoms with Crippen LogP contribution in [0.4, 0.5) is 0 Å². The predicted molar refractivity (Wildman–Crippen MR) is 90.9 cm³/mol. The molecule has 0 radical (unpaired) electrons. The van der Waals surface area contributed by atoms with E-state index in [1.807, 2.05) is 18.7 Å². The number of nitrogens with zero attached hydrogens (tertiary/aromatic N) is 2. The van der Waals surface area contributed by atoms with Gasteiger partial charge in [0.05, 0.1) is 16.4 Å². The third kappa shape index (κ3) is 4.50. The number of halogens is 1. The molecule has 0 atom stereocenters. The van der Waals surface area contributed by atoms with Crippen molar-refractivity contribution in [3.63, 3.8) is 0 Å². The van der Waals surface area contributed by atoms with Crippen LogP contribution < -0.4 is 5.32 Å². The third-order valence-electron chi connectivity index (χ3n) is 3.27. The first-order valence-electron chi connectivity index (χ1n) is 7.10. The predicted octanol–water partition coefficient (Wildman–Crippen LogP) is 4.17. The lowest BCUT2D eigenvalue weighted by atomic mass is 10.2. The van der Waals surface area contributed by atoms with Gasteiger partial charge in [0.25, 0.3) is 0 Å². The molecular weight excluding hydrogens is 302 g/mol. The van der Waals surface area contributed by atoms with Crippen molar-refractivity contribution < 1.29 is 0 Å². The maximum absolute atomic E-state index is 6.27. The van der Waals surface area contributed by atoms with Crippen LogP contribution in [0.15, 0.2) is 29.2 Å². The first-order chi connectivity index (χ1) is 9.97. The quantitative estimate of drug-likeness (QED) is 0.809. The molecule has 1 aromatic carbocycles. The van der Waals surface area contributed by atoms with Crippen molar-refractivity contribution in [3.05, 3.63) is 46.2 Å². The number of benzene rings is 1. The Bertz CT molecular complexity index is 590. The van der Waals surface area contributed by atoms with Gasteiger partial charge in [0.2, 0.25) is 0 Å².